The van der Waals surface area contributed by atoms with E-state index < -0.39 is 0 Å². The third kappa shape index (κ3) is 4.26. The highest BCUT2D eigenvalue weighted by Gasteiger charge is 2.43. The Kier molecular flexibility index (Phi) is 6.01. The molecule has 2 amide bonds. The minimum Gasteiger partial charge on any atom is -0.366 e. The van der Waals surface area contributed by atoms with Crippen LogP contribution >= 0.6 is 0 Å². The first-order valence-corrected chi connectivity index (χ1v) is 11.8. The molecule has 3 aromatic rings. The average Bonchev–Trinajstić information content (AvgIpc) is 3.10. The number of hydrogen-bond acceptors (Lipinski definition) is 3. The van der Waals surface area contributed by atoms with Gasteiger partial charge in [0, 0.05) is 13.1 Å². The van der Waals surface area contributed by atoms with Gasteiger partial charge >= 0.3 is 0 Å². The molecule has 0 spiro atoms. The molecule has 2 heterocycles. The van der Waals surface area contributed by atoms with E-state index in [0.717, 1.165) is 24.8 Å². The van der Waals surface area contributed by atoms with Gasteiger partial charge in [-0.3, -0.25) is 9.59 Å². The van der Waals surface area contributed by atoms with Crippen molar-refractivity contribution in [3.8, 4) is 0 Å². The number of amides is 2. The molecule has 2 aliphatic rings. The van der Waals surface area contributed by atoms with E-state index in [1.807, 2.05) is 31.2 Å². The molecular formula is C29H27FN2O2. The fraction of sp³-hybridized carbons (Fsp3) is 0.241. The van der Waals surface area contributed by atoms with Crippen molar-refractivity contribution >= 4 is 23.1 Å². The number of anilines is 1. The van der Waals surface area contributed by atoms with Gasteiger partial charge in [0.2, 0.25) is 0 Å². The van der Waals surface area contributed by atoms with Crippen LogP contribution in [0.15, 0.2) is 84.6 Å². The quantitative estimate of drug-likeness (QED) is 0.487. The second-order valence-electron chi connectivity index (χ2n) is 9.14. The maximum absolute atomic E-state index is 13.7. The molecule has 0 bridgehead atoms. The summed E-state index contributed by atoms with van der Waals surface area (Å²) < 4.78 is 13.6. The molecular weight excluding hydrogens is 427 g/mol. The van der Waals surface area contributed by atoms with Gasteiger partial charge in [0.1, 0.15) is 11.5 Å². The van der Waals surface area contributed by atoms with E-state index in [1.54, 1.807) is 18.2 Å². The molecule has 0 aromatic heterocycles. The molecule has 1 saturated heterocycles. The van der Waals surface area contributed by atoms with Crippen LogP contribution in [-0.2, 0) is 16.0 Å². The standard InChI is InChI=1S/C29H27FN2O2/c1-20-6-5-9-25(18-20)32-28(33)26(23-10-12-24(30)13-11-23)27(29(32)34)31-16-14-22(15-17-31)19-21-7-3-2-4-8-21/h2-13,18,22H,14-17,19H2,1H3. The monoisotopic (exact) mass is 454 g/mol. The Bertz CT molecular complexity index is 1240. The minimum atomic E-state index is -0.375. The Morgan fingerprint density at radius 2 is 1.56 bits per heavy atom. The van der Waals surface area contributed by atoms with Crippen molar-refractivity contribution in [2.24, 2.45) is 5.92 Å². The molecule has 3 aromatic carbocycles. The van der Waals surface area contributed by atoms with Crippen molar-refractivity contribution in [2.75, 3.05) is 18.0 Å². The van der Waals surface area contributed by atoms with Gasteiger partial charge in [0.25, 0.3) is 11.8 Å². The second-order valence-corrected chi connectivity index (χ2v) is 9.14. The van der Waals surface area contributed by atoms with E-state index in [1.165, 1.54) is 22.6 Å². The average molecular weight is 455 g/mol. The van der Waals surface area contributed by atoms with Crippen molar-refractivity contribution in [3.63, 3.8) is 0 Å². The van der Waals surface area contributed by atoms with Gasteiger partial charge in [0.15, 0.2) is 0 Å². The molecule has 0 radical (unpaired) electrons. The number of rotatable bonds is 5. The maximum atomic E-state index is 13.7. The van der Waals surface area contributed by atoms with Gasteiger partial charge in [-0.2, -0.15) is 0 Å². The highest BCUT2D eigenvalue weighted by Crippen LogP contribution is 2.37. The van der Waals surface area contributed by atoms with Gasteiger partial charge in [0.05, 0.1) is 11.3 Å². The van der Waals surface area contributed by atoms with Crippen molar-refractivity contribution in [3.05, 3.63) is 107 Å². The van der Waals surface area contributed by atoms with Crippen LogP contribution in [0.5, 0.6) is 0 Å². The zero-order valence-corrected chi connectivity index (χ0v) is 19.2. The van der Waals surface area contributed by atoms with Crippen molar-refractivity contribution < 1.29 is 14.0 Å². The van der Waals surface area contributed by atoms with Crippen LogP contribution in [0.4, 0.5) is 10.1 Å². The summed E-state index contributed by atoms with van der Waals surface area (Å²) >= 11 is 0. The van der Waals surface area contributed by atoms with E-state index in [4.69, 9.17) is 0 Å². The fourth-order valence-electron chi connectivity index (χ4n) is 5.00. The molecule has 172 valence electrons. The molecule has 0 aliphatic carbocycles. The SMILES string of the molecule is Cc1cccc(N2C(=O)C(c3ccc(F)cc3)=C(N3CCC(Cc4ccccc4)CC3)C2=O)c1. The lowest BCUT2D eigenvalue weighted by molar-refractivity contribution is -0.120. The molecule has 0 saturated carbocycles. The highest BCUT2D eigenvalue weighted by molar-refractivity contribution is 6.45. The number of imide groups is 1. The predicted molar refractivity (Wildman–Crippen MR) is 131 cm³/mol. The first-order valence-electron chi connectivity index (χ1n) is 11.8. The van der Waals surface area contributed by atoms with Gasteiger partial charge in [-0.05, 0) is 73.1 Å². The van der Waals surface area contributed by atoms with Crippen LogP contribution in [0, 0.1) is 18.7 Å². The number of likely N-dealkylation sites (tertiary alicyclic amines) is 1. The third-order valence-corrected chi connectivity index (χ3v) is 6.75. The maximum Gasteiger partial charge on any atom is 0.282 e. The highest BCUT2D eigenvalue weighted by atomic mass is 19.1. The Morgan fingerprint density at radius 1 is 0.853 bits per heavy atom. The summed E-state index contributed by atoms with van der Waals surface area (Å²) in [5, 5.41) is 0. The number of hydrogen-bond donors (Lipinski definition) is 0. The third-order valence-electron chi connectivity index (χ3n) is 6.75. The zero-order valence-electron chi connectivity index (χ0n) is 19.2. The van der Waals surface area contributed by atoms with Gasteiger partial charge < -0.3 is 4.90 Å². The van der Waals surface area contributed by atoms with Gasteiger partial charge in [-0.15, -0.1) is 0 Å². The Morgan fingerprint density at radius 3 is 2.24 bits per heavy atom. The summed E-state index contributed by atoms with van der Waals surface area (Å²) in [6, 6.07) is 23.7. The van der Waals surface area contributed by atoms with Gasteiger partial charge in [-0.25, -0.2) is 9.29 Å². The summed E-state index contributed by atoms with van der Waals surface area (Å²) in [5.74, 6) is -0.506. The minimum absolute atomic E-state index is 0.309. The first-order chi connectivity index (χ1) is 16.5. The van der Waals surface area contributed by atoms with Crippen LogP contribution in [0.3, 0.4) is 0 Å². The van der Waals surface area contributed by atoms with Crippen molar-refractivity contribution in [2.45, 2.75) is 26.2 Å². The summed E-state index contributed by atoms with van der Waals surface area (Å²) in [5.41, 5.74) is 4.20. The lowest BCUT2D eigenvalue weighted by Crippen LogP contribution is -2.39. The van der Waals surface area contributed by atoms with E-state index in [0.29, 0.717) is 41.5 Å². The second kappa shape index (κ2) is 9.26. The molecule has 0 N–H and O–H groups in total. The number of carbonyl (C=O) groups excluding carboxylic acids is 2. The normalized spacial score (nSPS) is 17.1. The van der Waals surface area contributed by atoms with Crippen LogP contribution in [0.25, 0.3) is 5.57 Å². The van der Waals surface area contributed by atoms with Crippen LogP contribution in [0.2, 0.25) is 0 Å². The fourth-order valence-corrected chi connectivity index (χ4v) is 5.00. The number of nitrogens with zero attached hydrogens (tertiary/aromatic N) is 2. The lowest BCUT2D eigenvalue weighted by atomic mass is 9.89. The van der Waals surface area contributed by atoms with E-state index in [2.05, 4.69) is 29.2 Å². The summed E-state index contributed by atoms with van der Waals surface area (Å²) in [6.45, 7) is 3.34. The smallest absolute Gasteiger partial charge is 0.282 e. The van der Waals surface area contributed by atoms with Gasteiger partial charge in [-0.1, -0.05) is 54.6 Å². The molecule has 5 rings (SSSR count). The molecule has 2 aliphatic heterocycles. The number of aryl methyl sites for hydroxylation is 1. The van der Waals surface area contributed by atoms with E-state index >= 15 is 0 Å². The zero-order chi connectivity index (χ0) is 23.7. The van der Waals surface area contributed by atoms with Crippen LogP contribution in [0.1, 0.15) is 29.5 Å². The summed E-state index contributed by atoms with van der Waals surface area (Å²) in [7, 11) is 0. The van der Waals surface area contributed by atoms with Crippen LogP contribution in [-0.4, -0.2) is 29.8 Å². The Labute approximate surface area is 199 Å². The Hall–Kier alpha value is -3.73. The largest absolute Gasteiger partial charge is 0.366 e. The van der Waals surface area contributed by atoms with E-state index in [9.17, 15) is 14.0 Å². The molecule has 0 unspecified atom stereocenters. The molecule has 4 nitrogen and oxygen atoms in total. The molecule has 5 heteroatoms. The lowest BCUT2D eigenvalue weighted by Gasteiger charge is -2.34. The van der Waals surface area contributed by atoms with Crippen molar-refractivity contribution in [1.29, 1.82) is 0 Å². The Balaban J connectivity index is 1.45. The molecule has 0 atom stereocenters. The molecule has 1 fully saturated rings. The molecule has 34 heavy (non-hydrogen) atoms. The number of halogens is 1. The summed E-state index contributed by atoms with van der Waals surface area (Å²) in [4.78, 5) is 30.6. The number of benzene rings is 3. The first kappa shape index (κ1) is 22.1. The number of piperidine rings is 1. The predicted octanol–water partition coefficient (Wildman–Crippen LogP) is 5.37. The topological polar surface area (TPSA) is 40.6 Å². The summed E-state index contributed by atoms with van der Waals surface area (Å²) in [6.07, 6.45) is 2.91. The van der Waals surface area contributed by atoms with Crippen molar-refractivity contribution in [1.82, 2.24) is 4.90 Å². The van der Waals surface area contributed by atoms with Crippen LogP contribution < -0.4 is 4.90 Å². The number of carbonyl (C=O) groups is 2. The van der Waals surface area contributed by atoms with E-state index in [-0.39, 0.29) is 17.6 Å².